The molecule has 2 atom stereocenters. The maximum absolute atomic E-state index is 12.4. The van der Waals surface area contributed by atoms with Gasteiger partial charge < -0.3 is 20.3 Å². The molecule has 2 unspecified atom stereocenters. The summed E-state index contributed by atoms with van der Waals surface area (Å²) in [6.45, 7) is 4.88. The third kappa shape index (κ3) is 45.7. The molecule has 0 rings (SSSR count). The summed E-state index contributed by atoms with van der Waals surface area (Å²) < 4.78 is 5.45. The van der Waals surface area contributed by atoms with Crippen molar-refractivity contribution >= 4 is 11.9 Å². The van der Waals surface area contributed by atoms with Gasteiger partial charge in [0, 0.05) is 12.8 Å². The van der Waals surface area contributed by atoms with E-state index in [0.717, 1.165) is 77.0 Å². The predicted octanol–water partition coefficient (Wildman–Crippen LogP) is 15.5. The van der Waals surface area contributed by atoms with Crippen LogP contribution in [0.3, 0.4) is 0 Å². The summed E-state index contributed by atoms with van der Waals surface area (Å²) in [5.41, 5.74) is 0. The summed E-state index contributed by atoms with van der Waals surface area (Å²) in [6.07, 6.45) is 57.3. The fraction of sp³-hybridized carbons (Fsp3) is 0.887. The first-order chi connectivity index (χ1) is 29.0. The minimum Gasteiger partial charge on any atom is -0.466 e. The Morgan fingerprint density at radius 2 is 0.831 bits per heavy atom. The van der Waals surface area contributed by atoms with Crippen LogP contribution in [-0.2, 0) is 14.3 Å². The number of hydrogen-bond acceptors (Lipinski definition) is 5. The maximum Gasteiger partial charge on any atom is 0.305 e. The SMILES string of the molecule is CCCCCCCCCCCCCCCCCCCCC(=O)OCCCCC/C=C\C=C/CCCCCCCCC(=O)NC(CO)C(O)CCCCCCCCCCC. The number of ether oxygens (including phenoxy) is 1. The van der Waals surface area contributed by atoms with Crippen LogP contribution in [0.4, 0.5) is 0 Å². The second kappa shape index (κ2) is 49.0. The van der Waals surface area contributed by atoms with Crippen molar-refractivity contribution in [2.45, 2.75) is 289 Å². The second-order valence-corrected chi connectivity index (χ2v) is 17.9. The number of allylic oxidation sites excluding steroid dienone is 4. The van der Waals surface area contributed by atoms with Gasteiger partial charge in [-0.3, -0.25) is 9.59 Å². The third-order valence-electron chi connectivity index (χ3n) is 12.0. The Balaban J connectivity index is 3.47. The molecule has 0 aliphatic carbocycles. The van der Waals surface area contributed by atoms with Gasteiger partial charge in [-0.15, -0.1) is 0 Å². The van der Waals surface area contributed by atoms with Gasteiger partial charge in [-0.25, -0.2) is 0 Å². The van der Waals surface area contributed by atoms with Crippen LogP contribution in [0.1, 0.15) is 277 Å². The minimum absolute atomic E-state index is 0.0178. The first kappa shape index (κ1) is 57.3. The van der Waals surface area contributed by atoms with Crippen molar-refractivity contribution in [3.8, 4) is 0 Å². The number of amides is 1. The van der Waals surface area contributed by atoms with Crippen LogP contribution in [-0.4, -0.2) is 47.4 Å². The van der Waals surface area contributed by atoms with Crippen LogP contribution >= 0.6 is 0 Å². The van der Waals surface area contributed by atoms with Crippen molar-refractivity contribution in [3.05, 3.63) is 24.3 Å². The minimum atomic E-state index is -0.676. The maximum atomic E-state index is 12.4. The Labute approximate surface area is 367 Å². The van der Waals surface area contributed by atoms with E-state index in [9.17, 15) is 19.8 Å². The Hall–Kier alpha value is -1.66. The lowest BCUT2D eigenvalue weighted by Gasteiger charge is -2.22. The second-order valence-electron chi connectivity index (χ2n) is 17.9. The average Bonchev–Trinajstić information content (AvgIpc) is 3.24. The molecule has 0 aromatic carbocycles. The molecule has 0 radical (unpaired) electrons. The van der Waals surface area contributed by atoms with E-state index in [1.54, 1.807) is 0 Å². The third-order valence-corrected chi connectivity index (χ3v) is 12.0. The van der Waals surface area contributed by atoms with Crippen LogP contribution in [0.2, 0.25) is 0 Å². The summed E-state index contributed by atoms with van der Waals surface area (Å²) in [7, 11) is 0. The monoisotopic (exact) mass is 832 g/mol. The molecule has 6 nitrogen and oxygen atoms in total. The number of unbranched alkanes of at least 4 members (excludes halogenated alkanes) is 34. The van der Waals surface area contributed by atoms with Crippen molar-refractivity contribution in [1.82, 2.24) is 5.32 Å². The molecule has 0 bridgehead atoms. The van der Waals surface area contributed by atoms with E-state index in [2.05, 4.69) is 43.5 Å². The number of nitrogens with one attached hydrogen (secondary N) is 1. The first-order valence-corrected chi connectivity index (χ1v) is 26.1. The molecule has 3 N–H and O–H groups in total. The molecule has 59 heavy (non-hydrogen) atoms. The van der Waals surface area contributed by atoms with Gasteiger partial charge in [0.05, 0.1) is 25.4 Å². The quantitative estimate of drug-likeness (QED) is 0.0322. The highest BCUT2D eigenvalue weighted by Gasteiger charge is 2.20. The summed E-state index contributed by atoms with van der Waals surface area (Å²) in [5.74, 6) is -0.0778. The molecule has 0 aromatic rings. The summed E-state index contributed by atoms with van der Waals surface area (Å²) in [6, 6.07) is -0.555. The molecule has 0 saturated heterocycles. The molecule has 348 valence electrons. The zero-order chi connectivity index (χ0) is 43.0. The van der Waals surface area contributed by atoms with Crippen LogP contribution < -0.4 is 5.32 Å². The number of esters is 1. The van der Waals surface area contributed by atoms with Crippen molar-refractivity contribution in [2.75, 3.05) is 13.2 Å². The molecule has 0 aromatic heterocycles. The summed E-state index contributed by atoms with van der Waals surface area (Å²) in [4.78, 5) is 24.4. The molecule has 0 heterocycles. The van der Waals surface area contributed by atoms with Gasteiger partial charge in [0.15, 0.2) is 0 Å². The molecular weight excluding hydrogens is 731 g/mol. The van der Waals surface area contributed by atoms with Crippen molar-refractivity contribution in [3.63, 3.8) is 0 Å². The highest BCUT2D eigenvalue weighted by molar-refractivity contribution is 5.76. The van der Waals surface area contributed by atoms with Crippen molar-refractivity contribution in [2.24, 2.45) is 0 Å². The molecular formula is C53H101NO5. The lowest BCUT2D eigenvalue weighted by Crippen LogP contribution is -2.45. The van der Waals surface area contributed by atoms with E-state index in [1.165, 1.54) is 167 Å². The zero-order valence-electron chi connectivity index (χ0n) is 39.5. The Bertz CT molecular complexity index is 920. The van der Waals surface area contributed by atoms with E-state index in [1.807, 2.05) is 0 Å². The zero-order valence-corrected chi connectivity index (χ0v) is 39.5. The highest BCUT2D eigenvalue weighted by Crippen LogP contribution is 2.16. The van der Waals surface area contributed by atoms with E-state index < -0.39 is 12.1 Å². The topological polar surface area (TPSA) is 95.9 Å². The molecule has 0 aliphatic heterocycles. The number of rotatable bonds is 48. The molecule has 0 aliphatic rings. The Morgan fingerprint density at radius 3 is 1.25 bits per heavy atom. The molecule has 6 heteroatoms. The molecule has 0 saturated carbocycles. The number of carbonyl (C=O) groups excluding carboxylic acids is 2. The Morgan fingerprint density at radius 1 is 0.475 bits per heavy atom. The molecule has 0 spiro atoms. The van der Waals surface area contributed by atoms with Crippen molar-refractivity contribution in [1.29, 1.82) is 0 Å². The van der Waals surface area contributed by atoms with E-state index in [-0.39, 0.29) is 18.5 Å². The summed E-state index contributed by atoms with van der Waals surface area (Å²) in [5, 5.41) is 23.0. The van der Waals surface area contributed by atoms with E-state index in [0.29, 0.717) is 25.9 Å². The number of aliphatic hydroxyl groups is 2. The van der Waals surface area contributed by atoms with Gasteiger partial charge in [0.2, 0.25) is 5.91 Å². The van der Waals surface area contributed by atoms with Gasteiger partial charge in [0.25, 0.3) is 0 Å². The lowest BCUT2D eigenvalue weighted by molar-refractivity contribution is -0.143. The fourth-order valence-electron chi connectivity index (χ4n) is 7.98. The Kier molecular flexibility index (Phi) is 47.6. The van der Waals surface area contributed by atoms with Crippen LogP contribution in [0.5, 0.6) is 0 Å². The number of carbonyl (C=O) groups is 2. The van der Waals surface area contributed by atoms with Crippen LogP contribution in [0, 0.1) is 0 Å². The normalized spacial score (nSPS) is 12.8. The van der Waals surface area contributed by atoms with Crippen LogP contribution in [0.15, 0.2) is 24.3 Å². The van der Waals surface area contributed by atoms with Crippen molar-refractivity contribution < 1.29 is 24.5 Å². The van der Waals surface area contributed by atoms with Gasteiger partial charge in [-0.1, -0.05) is 231 Å². The summed E-state index contributed by atoms with van der Waals surface area (Å²) >= 11 is 0. The van der Waals surface area contributed by atoms with Crippen LogP contribution in [0.25, 0.3) is 0 Å². The van der Waals surface area contributed by atoms with Gasteiger partial charge in [0.1, 0.15) is 0 Å². The van der Waals surface area contributed by atoms with E-state index in [4.69, 9.17) is 4.74 Å². The average molecular weight is 832 g/mol. The largest absolute Gasteiger partial charge is 0.466 e. The number of aliphatic hydroxyl groups excluding tert-OH is 2. The first-order valence-electron chi connectivity index (χ1n) is 26.1. The molecule has 0 fully saturated rings. The highest BCUT2D eigenvalue weighted by atomic mass is 16.5. The van der Waals surface area contributed by atoms with Gasteiger partial charge in [-0.2, -0.15) is 0 Å². The standard InChI is InChI=1S/C53H101NO5/c1-3-5-7-9-11-13-14-15-16-17-18-21-24-27-31-35-39-43-47-53(58)59-48-44-40-36-32-28-25-22-19-20-23-26-30-34-38-42-46-52(57)54-50(49-55)51(56)45-41-37-33-29-12-10-8-6-4-2/h19,22,25,28,50-51,55-56H,3-18,20-21,23-24,26-27,29-49H2,1-2H3,(H,54,57)/b22-19-,28-25-. The smallest absolute Gasteiger partial charge is 0.305 e. The molecule has 1 amide bonds. The van der Waals surface area contributed by atoms with Gasteiger partial charge in [-0.05, 0) is 57.8 Å². The van der Waals surface area contributed by atoms with Gasteiger partial charge >= 0.3 is 5.97 Å². The predicted molar refractivity (Wildman–Crippen MR) is 255 cm³/mol. The lowest BCUT2D eigenvalue weighted by atomic mass is 10.0. The van der Waals surface area contributed by atoms with E-state index >= 15 is 0 Å². The number of hydrogen-bond donors (Lipinski definition) is 3. The fourth-order valence-corrected chi connectivity index (χ4v) is 7.98.